The highest BCUT2D eigenvalue weighted by Crippen LogP contribution is 2.29. The first-order valence-electron chi connectivity index (χ1n) is 7.57. The van der Waals surface area contributed by atoms with Gasteiger partial charge in [-0.15, -0.1) is 0 Å². The zero-order valence-corrected chi connectivity index (χ0v) is 12.7. The summed E-state index contributed by atoms with van der Waals surface area (Å²) in [5, 5.41) is 9.50. The highest BCUT2D eigenvalue weighted by molar-refractivity contribution is 6.06. The number of hydrogen-bond acceptors (Lipinski definition) is 4. The predicted molar refractivity (Wildman–Crippen MR) is 89.4 cm³/mol. The van der Waals surface area contributed by atoms with Crippen molar-refractivity contribution in [3.05, 3.63) is 65.5 Å². The summed E-state index contributed by atoms with van der Waals surface area (Å²) in [6.07, 6.45) is 1.79. The number of fused-ring (bicyclic) bond motifs is 2. The molecule has 5 nitrogen and oxygen atoms in total. The van der Waals surface area contributed by atoms with Crippen LogP contribution in [0.15, 0.2) is 54.1 Å². The highest BCUT2D eigenvalue weighted by atomic mass is 16.5. The van der Waals surface area contributed by atoms with Crippen molar-refractivity contribution in [3.63, 3.8) is 0 Å². The first kappa shape index (κ1) is 14.2. The van der Waals surface area contributed by atoms with Crippen molar-refractivity contribution in [2.45, 2.75) is 5.92 Å². The quantitative estimate of drug-likeness (QED) is 0.805. The topological polar surface area (TPSA) is 78.8 Å². The minimum Gasteiger partial charge on any atom is -0.488 e. The van der Waals surface area contributed by atoms with Crippen molar-refractivity contribution >= 4 is 22.9 Å². The van der Waals surface area contributed by atoms with Gasteiger partial charge in [-0.2, -0.15) is 5.26 Å². The number of ketones is 1. The Bertz CT molecular complexity index is 978. The molecule has 3 aromatic rings. The van der Waals surface area contributed by atoms with Gasteiger partial charge in [-0.05, 0) is 24.3 Å². The number of ether oxygens (including phenoxy) is 1. The van der Waals surface area contributed by atoms with Gasteiger partial charge in [0.15, 0.2) is 11.7 Å². The number of benzene rings is 2. The number of aromatic nitrogens is 2. The first-order chi connectivity index (χ1) is 11.8. The highest BCUT2D eigenvalue weighted by Gasteiger charge is 2.28. The minimum absolute atomic E-state index is 0.161. The van der Waals surface area contributed by atoms with Crippen LogP contribution in [0.5, 0.6) is 5.75 Å². The summed E-state index contributed by atoms with van der Waals surface area (Å²) in [5.41, 5.74) is 2.86. The molecule has 0 amide bonds. The van der Waals surface area contributed by atoms with Crippen LogP contribution < -0.4 is 4.74 Å². The van der Waals surface area contributed by atoms with Gasteiger partial charge >= 0.3 is 0 Å². The Morgan fingerprint density at radius 2 is 2.00 bits per heavy atom. The van der Waals surface area contributed by atoms with E-state index in [2.05, 4.69) is 16.0 Å². The van der Waals surface area contributed by atoms with Crippen molar-refractivity contribution in [2.75, 3.05) is 6.61 Å². The molecule has 0 bridgehead atoms. The molecular weight excluding hydrogens is 302 g/mol. The van der Waals surface area contributed by atoms with Gasteiger partial charge in [0.1, 0.15) is 18.2 Å². The van der Waals surface area contributed by atoms with E-state index in [0.29, 0.717) is 11.4 Å². The summed E-state index contributed by atoms with van der Waals surface area (Å²) < 4.78 is 5.62. The maximum atomic E-state index is 12.8. The molecule has 2 aromatic carbocycles. The van der Waals surface area contributed by atoms with Crippen LogP contribution in [0.25, 0.3) is 17.1 Å². The molecule has 2 heterocycles. The number of nitrogens with zero attached hydrogens (tertiary/aromatic N) is 2. The Balaban J connectivity index is 1.70. The van der Waals surface area contributed by atoms with Crippen LogP contribution in [-0.4, -0.2) is 22.4 Å². The maximum absolute atomic E-state index is 12.8. The minimum atomic E-state index is -0.975. The number of nitrogens with one attached hydrogen (secondary N) is 1. The van der Waals surface area contributed by atoms with Crippen LogP contribution in [0.4, 0.5) is 0 Å². The Kier molecular flexibility index (Phi) is 3.36. The Morgan fingerprint density at radius 3 is 2.83 bits per heavy atom. The molecule has 4 rings (SSSR count). The van der Waals surface area contributed by atoms with Gasteiger partial charge in [-0.3, -0.25) is 4.79 Å². The van der Waals surface area contributed by atoms with Crippen molar-refractivity contribution in [2.24, 2.45) is 0 Å². The van der Waals surface area contributed by atoms with Crippen LogP contribution in [0, 0.1) is 11.3 Å². The van der Waals surface area contributed by atoms with E-state index in [1.807, 2.05) is 48.5 Å². The van der Waals surface area contributed by atoms with Crippen LogP contribution in [-0.2, 0) is 4.79 Å². The fourth-order valence-electron chi connectivity index (χ4n) is 2.80. The summed E-state index contributed by atoms with van der Waals surface area (Å²) in [7, 11) is 0. The fourth-order valence-corrected chi connectivity index (χ4v) is 2.80. The molecule has 1 N–H and O–H groups in total. The zero-order valence-electron chi connectivity index (χ0n) is 12.7. The summed E-state index contributed by atoms with van der Waals surface area (Å²) >= 11 is 0. The molecule has 24 heavy (non-hydrogen) atoms. The van der Waals surface area contributed by atoms with Gasteiger partial charge in [-0.1, -0.05) is 30.3 Å². The zero-order chi connectivity index (χ0) is 16.5. The monoisotopic (exact) mass is 315 g/mol. The molecule has 1 aliphatic rings. The standard InChI is InChI=1S/C19H13N3O2/c20-10-14(19-21-15-6-2-3-7-16(15)22-19)18(23)13-9-12-5-1-4-8-17(12)24-11-13/h1-9,14H,11H2,(H,21,22). The van der Waals surface area contributed by atoms with Gasteiger partial charge < -0.3 is 9.72 Å². The molecule has 1 atom stereocenters. The van der Waals surface area contributed by atoms with E-state index in [4.69, 9.17) is 4.74 Å². The number of para-hydroxylation sites is 3. The normalized spacial score (nSPS) is 14.2. The number of Topliss-reactive ketones (excluding diaryl/α,β-unsaturated/α-hetero) is 1. The van der Waals surface area contributed by atoms with E-state index in [1.165, 1.54) is 0 Å². The van der Waals surface area contributed by atoms with Gasteiger partial charge in [0.2, 0.25) is 0 Å². The van der Waals surface area contributed by atoms with E-state index in [-0.39, 0.29) is 12.4 Å². The van der Waals surface area contributed by atoms with Crippen molar-refractivity contribution in [1.82, 2.24) is 9.97 Å². The molecular formula is C19H13N3O2. The fraction of sp³-hybridized carbons (Fsp3) is 0.105. The summed E-state index contributed by atoms with van der Waals surface area (Å²) in [6.45, 7) is 0.161. The lowest BCUT2D eigenvalue weighted by molar-refractivity contribution is -0.116. The largest absolute Gasteiger partial charge is 0.488 e. The van der Waals surface area contributed by atoms with Crippen molar-refractivity contribution in [3.8, 4) is 11.8 Å². The van der Waals surface area contributed by atoms with Crippen LogP contribution in [0.2, 0.25) is 0 Å². The van der Waals surface area contributed by atoms with Gasteiger partial charge in [0.05, 0.1) is 17.1 Å². The maximum Gasteiger partial charge on any atom is 0.187 e. The molecule has 116 valence electrons. The summed E-state index contributed by atoms with van der Waals surface area (Å²) in [5.74, 6) is -0.154. The molecule has 1 aliphatic heterocycles. The van der Waals surface area contributed by atoms with E-state index in [1.54, 1.807) is 6.08 Å². The van der Waals surface area contributed by atoms with E-state index < -0.39 is 5.92 Å². The van der Waals surface area contributed by atoms with Crippen molar-refractivity contribution in [1.29, 1.82) is 5.26 Å². The lowest BCUT2D eigenvalue weighted by Gasteiger charge is -2.18. The number of nitriles is 1. The number of H-pyrrole nitrogens is 1. The number of aromatic amines is 1. The molecule has 1 aromatic heterocycles. The molecule has 0 fully saturated rings. The van der Waals surface area contributed by atoms with Crippen LogP contribution in [0.1, 0.15) is 17.3 Å². The Morgan fingerprint density at radius 1 is 1.21 bits per heavy atom. The summed E-state index contributed by atoms with van der Waals surface area (Å²) in [6, 6.07) is 17.0. The van der Waals surface area contributed by atoms with Gasteiger partial charge in [0.25, 0.3) is 0 Å². The van der Waals surface area contributed by atoms with Crippen molar-refractivity contribution < 1.29 is 9.53 Å². The Hall–Kier alpha value is -3.39. The SMILES string of the molecule is N#CC(C(=O)C1=Cc2ccccc2OC1)c1nc2ccccc2[nH]1. The number of hydrogen-bond donors (Lipinski definition) is 1. The molecule has 0 saturated carbocycles. The van der Waals surface area contributed by atoms with Crippen LogP contribution >= 0.6 is 0 Å². The average Bonchev–Trinajstić information content (AvgIpc) is 3.05. The summed E-state index contributed by atoms with van der Waals surface area (Å²) in [4.78, 5) is 20.2. The first-order valence-corrected chi connectivity index (χ1v) is 7.57. The number of imidazole rings is 1. The molecule has 5 heteroatoms. The van der Waals surface area contributed by atoms with E-state index in [0.717, 1.165) is 22.3 Å². The smallest absolute Gasteiger partial charge is 0.187 e. The number of carbonyl (C=O) groups excluding carboxylic acids is 1. The van der Waals surface area contributed by atoms with E-state index in [9.17, 15) is 10.1 Å². The second-order valence-electron chi connectivity index (χ2n) is 5.56. The second kappa shape index (κ2) is 5.67. The number of rotatable bonds is 3. The molecule has 0 saturated heterocycles. The predicted octanol–water partition coefficient (Wildman–Crippen LogP) is 3.22. The lowest BCUT2D eigenvalue weighted by Crippen LogP contribution is -2.21. The second-order valence-corrected chi connectivity index (χ2v) is 5.56. The third kappa shape index (κ3) is 2.34. The third-order valence-electron chi connectivity index (χ3n) is 4.02. The lowest BCUT2D eigenvalue weighted by atomic mass is 9.95. The molecule has 0 spiro atoms. The average molecular weight is 315 g/mol. The molecule has 0 aliphatic carbocycles. The van der Waals surface area contributed by atoms with E-state index >= 15 is 0 Å². The Labute approximate surface area is 138 Å². The molecule has 0 radical (unpaired) electrons. The van der Waals surface area contributed by atoms with Gasteiger partial charge in [-0.25, -0.2) is 4.98 Å². The third-order valence-corrected chi connectivity index (χ3v) is 4.02. The van der Waals surface area contributed by atoms with Gasteiger partial charge in [0, 0.05) is 11.1 Å². The number of carbonyl (C=O) groups is 1. The van der Waals surface area contributed by atoms with Crippen LogP contribution in [0.3, 0.4) is 0 Å². The molecule has 1 unspecified atom stereocenters.